The van der Waals surface area contributed by atoms with Crippen molar-refractivity contribution in [2.75, 3.05) is 6.61 Å². The Morgan fingerprint density at radius 3 is 2.41 bits per heavy atom. The number of hydrogen-bond acceptors (Lipinski definition) is 3. The molecule has 0 atom stereocenters. The Morgan fingerprint density at radius 1 is 1.03 bits per heavy atom. The fraction of sp³-hybridized carbons (Fsp3) is 0.0833. The molecule has 0 radical (unpaired) electrons. The molecule has 1 amide bonds. The number of hydrogen-bond donors (Lipinski definition) is 1. The smallest absolute Gasteiger partial charge is 0.277 e. The lowest BCUT2D eigenvalue weighted by Gasteiger charge is -2.09. The predicted octanol–water partition coefficient (Wildman–Crippen LogP) is 5.37. The van der Waals surface area contributed by atoms with E-state index in [1.165, 1.54) is 0 Å². The van der Waals surface area contributed by atoms with Gasteiger partial charge in [-0.1, -0.05) is 82.7 Å². The summed E-state index contributed by atoms with van der Waals surface area (Å²) in [7, 11) is 0. The van der Waals surface area contributed by atoms with Gasteiger partial charge in [-0.2, -0.15) is 5.10 Å². The topological polar surface area (TPSA) is 50.7 Å². The van der Waals surface area contributed by atoms with Gasteiger partial charge in [-0.25, -0.2) is 5.43 Å². The van der Waals surface area contributed by atoms with Crippen LogP contribution in [0.4, 0.5) is 0 Å². The first-order valence-corrected chi connectivity index (χ1v) is 9.95. The molecular formula is C24H21BrN2O2. The molecule has 3 rings (SSSR count). The van der Waals surface area contributed by atoms with Crippen LogP contribution < -0.4 is 10.2 Å². The number of rotatable bonds is 7. The minimum atomic E-state index is -0.325. The normalized spacial score (nSPS) is 11.4. The molecule has 29 heavy (non-hydrogen) atoms. The molecule has 4 nitrogen and oxygen atoms in total. The third-order valence-electron chi connectivity index (χ3n) is 4.10. The SMILES string of the molecule is Cc1cc(Br)ccc1OCC(=O)NN=C(/C=C\c1ccccc1)c1ccccc1. The molecule has 0 bridgehead atoms. The van der Waals surface area contributed by atoms with E-state index in [4.69, 9.17) is 4.74 Å². The third kappa shape index (κ3) is 6.43. The molecule has 0 aliphatic carbocycles. The second-order valence-corrected chi connectivity index (χ2v) is 7.26. The second kappa shape index (κ2) is 10.4. The van der Waals surface area contributed by atoms with Crippen molar-refractivity contribution >= 4 is 33.6 Å². The van der Waals surface area contributed by atoms with E-state index in [2.05, 4.69) is 26.5 Å². The maximum absolute atomic E-state index is 12.2. The fourth-order valence-electron chi connectivity index (χ4n) is 2.62. The fourth-order valence-corrected chi connectivity index (χ4v) is 3.09. The number of aryl methyl sites for hydroxylation is 1. The van der Waals surface area contributed by atoms with E-state index in [0.29, 0.717) is 11.5 Å². The Balaban J connectivity index is 1.68. The van der Waals surface area contributed by atoms with Gasteiger partial charge in [-0.3, -0.25) is 4.79 Å². The molecule has 1 N–H and O–H groups in total. The van der Waals surface area contributed by atoms with Crippen molar-refractivity contribution in [2.45, 2.75) is 6.92 Å². The van der Waals surface area contributed by atoms with Crippen LogP contribution in [0.3, 0.4) is 0 Å². The van der Waals surface area contributed by atoms with E-state index in [9.17, 15) is 4.79 Å². The molecule has 3 aromatic rings. The van der Waals surface area contributed by atoms with Crippen molar-refractivity contribution in [1.82, 2.24) is 5.43 Å². The first-order valence-electron chi connectivity index (χ1n) is 9.16. The maximum Gasteiger partial charge on any atom is 0.277 e. The van der Waals surface area contributed by atoms with E-state index >= 15 is 0 Å². The highest BCUT2D eigenvalue weighted by atomic mass is 79.9. The first kappa shape index (κ1) is 20.6. The number of halogens is 1. The first-order chi connectivity index (χ1) is 14.1. The summed E-state index contributed by atoms with van der Waals surface area (Å²) in [5.41, 5.74) is 6.15. The van der Waals surface area contributed by atoms with Gasteiger partial charge in [0.25, 0.3) is 5.91 Å². The second-order valence-electron chi connectivity index (χ2n) is 6.34. The van der Waals surface area contributed by atoms with Gasteiger partial charge >= 0.3 is 0 Å². The molecule has 0 aliphatic heterocycles. The van der Waals surface area contributed by atoms with Crippen LogP contribution >= 0.6 is 15.9 Å². The van der Waals surface area contributed by atoms with Crippen LogP contribution in [0.2, 0.25) is 0 Å². The van der Waals surface area contributed by atoms with Gasteiger partial charge in [0.15, 0.2) is 6.61 Å². The molecular weight excluding hydrogens is 428 g/mol. The van der Waals surface area contributed by atoms with Crippen molar-refractivity contribution in [1.29, 1.82) is 0 Å². The summed E-state index contributed by atoms with van der Waals surface area (Å²) in [6, 6.07) is 25.3. The summed E-state index contributed by atoms with van der Waals surface area (Å²) in [5, 5.41) is 4.30. The molecule has 5 heteroatoms. The Kier molecular flexibility index (Phi) is 7.36. The van der Waals surface area contributed by atoms with E-state index < -0.39 is 0 Å². The summed E-state index contributed by atoms with van der Waals surface area (Å²) in [6.07, 6.45) is 3.84. The largest absolute Gasteiger partial charge is 0.483 e. The van der Waals surface area contributed by atoms with Gasteiger partial charge in [0.05, 0.1) is 5.71 Å². The van der Waals surface area contributed by atoms with Crippen molar-refractivity contribution < 1.29 is 9.53 Å². The predicted molar refractivity (Wildman–Crippen MR) is 121 cm³/mol. The number of nitrogens with zero attached hydrogens (tertiary/aromatic N) is 1. The summed E-state index contributed by atoms with van der Waals surface area (Å²) >= 11 is 3.41. The standard InChI is InChI=1S/C24H21BrN2O2/c1-18-16-21(25)13-15-23(18)29-17-24(28)27-26-22(20-10-6-3-7-11-20)14-12-19-8-4-2-5-9-19/h2-16H,17H2,1H3,(H,27,28)/b14-12-,26-22?. The minimum Gasteiger partial charge on any atom is -0.483 e. The highest BCUT2D eigenvalue weighted by Gasteiger charge is 2.06. The highest BCUT2D eigenvalue weighted by molar-refractivity contribution is 9.10. The maximum atomic E-state index is 12.2. The Bertz CT molecular complexity index is 1020. The van der Waals surface area contributed by atoms with E-state index in [-0.39, 0.29) is 12.5 Å². The van der Waals surface area contributed by atoms with Crippen LogP contribution in [0.5, 0.6) is 5.75 Å². The van der Waals surface area contributed by atoms with Gasteiger partial charge in [0.1, 0.15) is 5.75 Å². The summed E-state index contributed by atoms with van der Waals surface area (Å²) in [5.74, 6) is 0.341. The Hall–Kier alpha value is -3.18. The molecule has 0 fully saturated rings. The van der Waals surface area contributed by atoms with Crippen molar-refractivity contribution in [3.63, 3.8) is 0 Å². The Labute approximate surface area is 179 Å². The lowest BCUT2D eigenvalue weighted by atomic mass is 10.1. The number of carbonyl (C=O) groups excluding carboxylic acids is 1. The monoisotopic (exact) mass is 448 g/mol. The quantitative estimate of drug-likeness (QED) is 0.390. The number of allylic oxidation sites excluding steroid dienone is 1. The lowest BCUT2D eigenvalue weighted by molar-refractivity contribution is -0.123. The van der Waals surface area contributed by atoms with Crippen LogP contribution in [-0.4, -0.2) is 18.2 Å². The third-order valence-corrected chi connectivity index (χ3v) is 4.59. The molecule has 0 aliphatic rings. The summed E-state index contributed by atoms with van der Waals surface area (Å²) in [6.45, 7) is 1.81. The number of amides is 1. The van der Waals surface area contributed by atoms with Gasteiger partial charge in [0, 0.05) is 10.0 Å². The van der Waals surface area contributed by atoms with Crippen LogP contribution in [0, 0.1) is 6.92 Å². The lowest BCUT2D eigenvalue weighted by Crippen LogP contribution is -2.26. The van der Waals surface area contributed by atoms with E-state index in [0.717, 1.165) is 21.2 Å². The van der Waals surface area contributed by atoms with Crippen LogP contribution in [0.25, 0.3) is 6.08 Å². The molecule has 0 saturated heterocycles. The molecule has 0 saturated carbocycles. The number of ether oxygens (including phenoxy) is 1. The molecule has 146 valence electrons. The van der Waals surface area contributed by atoms with E-state index in [1.807, 2.05) is 97.9 Å². The molecule has 0 unspecified atom stereocenters. The van der Waals surface area contributed by atoms with E-state index in [1.54, 1.807) is 0 Å². The number of benzene rings is 3. The highest BCUT2D eigenvalue weighted by Crippen LogP contribution is 2.21. The summed E-state index contributed by atoms with van der Waals surface area (Å²) < 4.78 is 6.57. The number of nitrogens with one attached hydrogen (secondary N) is 1. The zero-order chi connectivity index (χ0) is 20.5. The average molecular weight is 449 g/mol. The van der Waals surface area contributed by atoms with Crippen LogP contribution in [-0.2, 0) is 4.79 Å². The van der Waals surface area contributed by atoms with Crippen molar-refractivity contribution in [3.05, 3.63) is 106 Å². The molecule has 3 aromatic carbocycles. The van der Waals surface area contributed by atoms with Crippen molar-refractivity contribution in [2.24, 2.45) is 5.10 Å². The number of hydrazone groups is 1. The molecule has 0 heterocycles. The molecule has 0 spiro atoms. The van der Waals surface area contributed by atoms with Gasteiger partial charge in [0.2, 0.25) is 0 Å². The zero-order valence-corrected chi connectivity index (χ0v) is 17.6. The van der Waals surface area contributed by atoms with Crippen molar-refractivity contribution in [3.8, 4) is 5.75 Å². The van der Waals surface area contributed by atoms with Crippen LogP contribution in [0.1, 0.15) is 16.7 Å². The van der Waals surface area contributed by atoms with Gasteiger partial charge < -0.3 is 4.74 Å². The van der Waals surface area contributed by atoms with Gasteiger partial charge in [-0.15, -0.1) is 0 Å². The summed E-state index contributed by atoms with van der Waals surface area (Å²) in [4.78, 5) is 12.2. The number of carbonyl (C=O) groups is 1. The molecule has 0 aromatic heterocycles. The van der Waals surface area contributed by atoms with Crippen LogP contribution in [0.15, 0.2) is 94.5 Å². The minimum absolute atomic E-state index is 0.115. The Morgan fingerprint density at radius 2 is 1.72 bits per heavy atom. The average Bonchev–Trinajstić information content (AvgIpc) is 2.74. The zero-order valence-electron chi connectivity index (χ0n) is 16.0. The van der Waals surface area contributed by atoms with Gasteiger partial charge in [-0.05, 0) is 42.3 Å².